The number of carbonyl (C=O) groups is 1. The highest BCUT2D eigenvalue weighted by molar-refractivity contribution is 5.75. The van der Waals surface area contributed by atoms with Gasteiger partial charge in [-0.1, -0.05) is 19.1 Å². The van der Waals surface area contributed by atoms with Crippen LogP contribution < -0.4 is 0 Å². The Labute approximate surface area is 108 Å². The summed E-state index contributed by atoms with van der Waals surface area (Å²) in [6, 6.07) is 0. The second kappa shape index (κ2) is 3.95. The summed E-state index contributed by atoms with van der Waals surface area (Å²) >= 11 is 0. The van der Waals surface area contributed by atoms with Crippen LogP contribution >= 0.6 is 0 Å². The minimum atomic E-state index is -0.393. The second-order valence-corrected chi connectivity index (χ2v) is 5.95. The number of hydrogen-bond acceptors (Lipinski definition) is 3. The summed E-state index contributed by atoms with van der Waals surface area (Å²) in [5, 5.41) is 10.1. The highest BCUT2D eigenvalue weighted by Gasteiger charge is 2.49. The van der Waals surface area contributed by atoms with Gasteiger partial charge in [-0.15, -0.1) is 0 Å². The Hall–Kier alpha value is -1.09. The van der Waals surface area contributed by atoms with Crippen molar-refractivity contribution in [1.29, 1.82) is 0 Å². The lowest BCUT2D eigenvalue weighted by molar-refractivity contribution is -0.143. The van der Waals surface area contributed by atoms with Gasteiger partial charge < -0.3 is 9.84 Å². The van der Waals surface area contributed by atoms with Crippen LogP contribution in [0.2, 0.25) is 0 Å². The van der Waals surface area contributed by atoms with Crippen LogP contribution in [0.15, 0.2) is 23.3 Å². The van der Waals surface area contributed by atoms with E-state index in [0.29, 0.717) is 0 Å². The largest absolute Gasteiger partial charge is 0.457 e. The van der Waals surface area contributed by atoms with E-state index in [-0.39, 0.29) is 29.8 Å². The van der Waals surface area contributed by atoms with Gasteiger partial charge in [-0.3, -0.25) is 4.79 Å². The zero-order chi connectivity index (χ0) is 13.0. The first-order valence-electron chi connectivity index (χ1n) is 6.77. The average Bonchev–Trinajstić information content (AvgIpc) is 2.72. The smallest absolute Gasteiger partial charge is 0.309 e. The summed E-state index contributed by atoms with van der Waals surface area (Å²) in [6.07, 6.45) is 2.12. The highest BCUT2D eigenvalue weighted by atomic mass is 16.6. The molecule has 3 nitrogen and oxygen atoms in total. The molecule has 1 saturated heterocycles. The average molecular weight is 248 g/mol. The molecular weight excluding hydrogens is 228 g/mol. The van der Waals surface area contributed by atoms with Crippen LogP contribution in [-0.2, 0) is 9.53 Å². The molecule has 0 aromatic heterocycles. The Bertz CT molecular complexity index is 449. The van der Waals surface area contributed by atoms with Crippen molar-refractivity contribution in [3.05, 3.63) is 23.3 Å². The van der Waals surface area contributed by atoms with Crippen molar-refractivity contribution < 1.29 is 14.6 Å². The van der Waals surface area contributed by atoms with Gasteiger partial charge in [0, 0.05) is 11.8 Å². The summed E-state index contributed by atoms with van der Waals surface area (Å²) in [5.41, 5.74) is 3.34. The van der Waals surface area contributed by atoms with Gasteiger partial charge >= 0.3 is 5.97 Å². The van der Waals surface area contributed by atoms with Gasteiger partial charge in [-0.05, 0) is 37.3 Å². The maximum Gasteiger partial charge on any atom is 0.309 e. The zero-order valence-corrected chi connectivity index (χ0v) is 11.0. The highest BCUT2D eigenvalue weighted by Crippen LogP contribution is 2.49. The Morgan fingerprint density at radius 2 is 2.17 bits per heavy atom. The third kappa shape index (κ3) is 1.50. The van der Waals surface area contributed by atoms with Crippen molar-refractivity contribution >= 4 is 5.97 Å². The minimum Gasteiger partial charge on any atom is -0.457 e. The molecule has 3 heteroatoms. The third-order valence-electron chi connectivity index (χ3n) is 5.03. The van der Waals surface area contributed by atoms with E-state index < -0.39 is 6.10 Å². The fraction of sp³-hybridized carbons (Fsp3) is 0.667. The predicted molar refractivity (Wildman–Crippen MR) is 67.7 cm³/mol. The first-order chi connectivity index (χ1) is 8.50. The van der Waals surface area contributed by atoms with E-state index in [9.17, 15) is 9.90 Å². The molecule has 0 spiro atoms. The summed E-state index contributed by atoms with van der Waals surface area (Å²) < 4.78 is 5.59. The standard InChI is InChI=1S/C15H20O3/c1-7-4-5-10-8(2)15(17)18-14(10)13-9(3)12(16)6-11(7)13/h8,10-12,14,16H,1,4-6H2,2-3H3/t8-,10-,11-,12-,14-/m0/s1. The first kappa shape index (κ1) is 12.0. The molecule has 2 aliphatic carbocycles. The molecule has 1 heterocycles. The number of carbonyl (C=O) groups excluding carboxylic acids is 1. The van der Waals surface area contributed by atoms with Crippen LogP contribution in [0.5, 0.6) is 0 Å². The normalized spacial score (nSPS) is 43.6. The molecule has 0 bridgehead atoms. The van der Waals surface area contributed by atoms with Gasteiger partial charge in [0.1, 0.15) is 6.10 Å². The van der Waals surface area contributed by atoms with Crippen LogP contribution in [0.25, 0.3) is 0 Å². The molecule has 98 valence electrons. The number of aliphatic hydroxyl groups is 1. The van der Waals surface area contributed by atoms with E-state index in [0.717, 1.165) is 30.4 Å². The van der Waals surface area contributed by atoms with Gasteiger partial charge in [0.25, 0.3) is 0 Å². The summed E-state index contributed by atoms with van der Waals surface area (Å²) in [7, 11) is 0. The lowest BCUT2D eigenvalue weighted by Gasteiger charge is -2.21. The third-order valence-corrected chi connectivity index (χ3v) is 5.03. The molecule has 0 aromatic rings. The number of allylic oxidation sites excluding steroid dienone is 1. The zero-order valence-electron chi connectivity index (χ0n) is 11.0. The maximum atomic E-state index is 11.8. The van der Waals surface area contributed by atoms with Crippen molar-refractivity contribution in [2.75, 3.05) is 0 Å². The van der Waals surface area contributed by atoms with Gasteiger partial charge in [0.05, 0.1) is 12.0 Å². The Morgan fingerprint density at radius 3 is 2.89 bits per heavy atom. The lowest BCUT2D eigenvalue weighted by Crippen LogP contribution is -2.22. The molecule has 1 saturated carbocycles. The molecule has 18 heavy (non-hydrogen) atoms. The predicted octanol–water partition coefficient (Wildman–Crippen LogP) is 2.21. The molecule has 0 amide bonds. The number of ether oxygens (including phenoxy) is 1. The SMILES string of the molecule is C=C1CC[C@H]2[C@H](C)C(=O)O[C@@H]2C2=C(C)[C@@H](O)C[C@@H]12. The van der Waals surface area contributed by atoms with Gasteiger partial charge in [0.2, 0.25) is 0 Å². The molecule has 5 atom stereocenters. The first-order valence-corrected chi connectivity index (χ1v) is 6.77. The number of rotatable bonds is 0. The van der Waals surface area contributed by atoms with Crippen LogP contribution in [-0.4, -0.2) is 23.3 Å². The summed E-state index contributed by atoms with van der Waals surface area (Å²) in [5.74, 6) is 0.361. The molecule has 1 N–H and O–H groups in total. The molecule has 0 unspecified atom stereocenters. The van der Waals surface area contributed by atoms with E-state index in [1.807, 2.05) is 13.8 Å². The molecule has 1 aliphatic heterocycles. The molecule has 0 aromatic carbocycles. The maximum absolute atomic E-state index is 11.8. The van der Waals surface area contributed by atoms with E-state index in [1.165, 1.54) is 5.57 Å². The van der Waals surface area contributed by atoms with E-state index in [4.69, 9.17) is 4.74 Å². The van der Waals surface area contributed by atoms with Crippen LogP contribution in [0.3, 0.4) is 0 Å². The number of aliphatic hydroxyl groups excluding tert-OH is 1. The molecule has 0 radical (unpaired) electrons. The van der Waals surface area contributed by atoms with Gasteiger partial charge in [-0.2, -0.15) is 0 Å². The Kier molecular flexibility index (Phi) is 2.63. The monoisotopic (exact) mass is 248 g/mol. The second-order valence-electron chi connectivity index (χ2n) is 5.95. The lowest BCUT2D eigenvalue weighted by atomic mass is 9.85. The van der Waals surface area contributed by atoms with Crippen molar-refractivity contribution in [1.82, 2.24) is 0 Å². The summed E-state index contributed by atoms with van der Waals surface area (Å²) in [4.78, 5) is 11.8. The molecular formula is C15H20O3. The van der Waals surface area contributed by atoms with Crippen LogP contribution in [0, 0.1) is 17.8 Å². The van der Waals surface area contributed by atoms with Crippen LogP contribution in [0.4, 0.5) is 0 Å². The minimum absolute atomic E-state index is 0.0282. The molecule has 3 rings (SSSR count). The van der Waals surface area contributed by atoms with Crippen molar-refractivity contribution in [3.8, 4) is 0 Å². The Morgan fingerprint density at radius 1 is 1.44 bits per heavy atom. The van der Waals surface area contributed by atoms with Crippen molar-refractivity contribution in [2.24, 2.45) is 17.8 Å². The van der Waals surface area contributed by atoms with E-state index in [2.05, 4.69) is 6.58 Å². The van der Waals surface area contributed by atoms with E-state index >= 15 is 0 Å². The van der Waals surface area contributed by atoms with E-state index in [1.54, 1.807) is 0 Å². The van der Waals surface area contributed by atoms with Crippen LogP contribution in [0.1, 0.15) is 33.1 Å². The topological polar surface area (TPSA) is 46.5 Å². The fourth-order valence-electron chi connectivity index (χ4n) is 3.78. The van der Waals surface area contributed by atoms with Gasteiger partial charge in [0.15, 0.2) is 0 Å². The van der Waals surface area contributed by atoms with Gasteiger partial charge in [-0.25, -0.2) is 0 Å². The van der Waals surface area contributed by atoms with Crippen molar-refractivity contribution in [3.63, 3.8) is 0 Å². The molecule has 3 aliphatic rings. The molecule has 2 fully saturated rings. The Balaban J connectivity index is 2.05. The number of esters is 1. The fourth-order valence-corrected chi connectivity index (χ4v) is 3.78. The van der Waals surface area contributed by atoms with Crippen molar-refractivity contribution in [2.45, 2.75) is 45.3 Å². The number of fused-ring (bicyclic) bond motifs is 3. The number of hydrogen-bond donors (Lipinski definition) is 1. The summed E-state index contributed by atoms with van der Waals surface area (Å²) in [6.45, 7) is 8.09. The quantitative estimate of drug-likeness (QED) is 0.528.